The van der Waals surface area contributed by atoms with Gasteiger partial charge >= 0.3 is 0 Å². The van der Waals surface area contributed by atoms with E-state index in [-0.39, 0.29) is 5.91 Å². The minimum Gasteiger partial charge on any atom is -0.495 e. The number of nitrogens with zero attached hydrogens (tertiary/aromatic N) is 1. The molecule has 5 heteroatoms. The number of carbonyl (C=O) groups is 1. The Hall–Kier alpha value is -2.56. The average molecular weight is 339 g/mol. The number of amides is 1. The van der Waals surface area contributed by atoms with Gasteiger partial charge in [0.2, 0.25) is 0 Å². The lowest BCUT2D eigenvalue weighted by Gasteiger charge is -2.17. The van der Waals surface area contributed by atoms with E-state index in [1.165, 1.54) is 38.5 Å². The molecule has 1 fully saturated rings. The zero-order valence-corrected chi connectivity index (χ0v) is 14.6. The second-order valence-electron chi connectivity index (χ2n) is 6.45. The maximum atomic E-state index is 12.5. The van der Waals surface area contributed by atoms with Gasteiger partial charge in [-0.2, -0.15) is 0 Å². The van der Waals surface area contributed by atoms with Gasteiger partial charge in [-0.3, -0.25) is 9.78 Å². The van der Waals surface area contributed by atoms with Crippen LogP contribution in [0.3, 0.4) is 0 Å². The Morgan fingerprint density at radius 3 is 2.64 bits per heavy atom. The molecule has 132 valence electrons. The number of methoxy groups -OCH3 is 1. The Labute approximate surface area is 148 Å². The van der Waals surface area contributed by atoms with E-state index in [0.29, 0.717) is 23.0 Å². The van der Waals surface area contributed by atoms with E-state index in [0.717, 1.165) is 5.69 Å². The molecule has 0 radical (unpaired) electrons. The van der Waals surface area contributed by atoms with Crippen molar-refractivity contribution in [3.63, 3.8) is 0 Å². The molecule has 3 rings (SSSR count). The molecule has 25 heavy (non-hydrogen) atoms. The molecule has 5 nitrogen and oxygen atoms in total. The molecule has 1 amide bonds. The Morgan fingerprint density at radius 2 is 1.88 bits per heavy atom. The van der Waals surface area contributed by atoms with Crippen molar-refractivity contribution in [1.29, 1.82) is 0 Å². The van der Waals surface area contributed by atoms with Gasteiger partial charge in [0.25, 0.3) is 5.91 Å². The van der Waals surface area contributed by atoms with Crippen LogP contribution in [0.4, 0.5) is 11.4 Å². The zero-order chi connectivity index (χ0) is 17.5. The minimum absolute atomic E-state index is 0.193. The van der Waals surface area contributed by atoms with E-state index in [2.05, 4.69) is 15.6 Å². The molecule has 0 aliphatic heterocycles. The summed E-state index contributed by atoms with van der Waals surface area (Å²) in [5, 5.41) is 6.42. The van der Waals surface area contributed by atoms with Gasteiger partial charge in [-0.1, -0.05) is 37.8 Å². The first kappa shape index (κ1) is 17.3. The summed E-state index contributed by atoms with van der Waals surface area (Å²) in [6.45, 7) is 0. The van der Waals surface area contributed by atoms with Crippen LogP contribution < -0.4 is 15.4 Å². The summed E-state index contributed by atoms with van der Waals surface area (Å²) in [5.41, 5.74) is 2.08. The van der Waals surface area contributed by atoms with Crippen LogP contribution in [0, 0.1) is 0 Å². The third kappa shape index (κ3) is 4.72. The van der Waals surface area contributed by atoms with Crippen LogP contribution in [0.25, 0.3) is 0 Å². The van der Waals surface area contributed by atoms with E-state index in [4.69, 9.17) is 4.74 Å². The summed E-state index contributed by atoms with van der Waals surface area (Å²) in [5.74, 6) is 0.443. The van der Waals surface area contributed by atoms with Crippen molar-refractivity contribution in [3.8, 4) is 5.75 Å². The van der Waals surface area contributed by atoms with Gasteiger partial charge in [0.05, 0.1) is 24.0 Å². The second kappa shape index (κ2) is 8.51. The number of hydrogen-bond acceptors (Lipinski definition) is 4. The quantitative estimate of drug-likeness (QED) is 0.789. The fraction of sp³-hybridized carbons (Fsp3) is 0.400. The molecule has 2 N–H and O–H groups in total. The van der Waals surface area contributed by atoms with Crippen LogP contribution in [0.2, 0.25) is 0 Å². The Morgan fingerprint density at radius 1 is 1.12 bits per heavy atom. The van der Waals surface area contributed by atoms with Crippen molar-refractivity contribution < 1.29 is 9.53 Å². The lowest BCUT2D eigenvalue weighted by Crippen LogP contribution is -2.19. The lowest BCUT2D eigenvalue weighted by atomic mass is 10.1. The molecule has 1 aliphatic carbocycles. The first-order valence-corrected chi connectivity index (χ1v) is 8.92. The molecular formula is C20H25N3O2. The number of para-hydroxylation sites is 2. The van der Waals surface area contributed by atoms with Crippen LogP contribution in [-0.2, 0) is 0 Å². The zero-order valence-electron chi connectivity index (χ0n) is 14.6. The number of carbonyl (C=O) groups excluding carboxylic acids is 1. The van der Waals surface area contributed by atoms with Crippen molar-refractivity contribution in [2.24, 2.45) is 0 Å². The lowest BCUT2D eigenvalue weighted by molar-refractivity contribution is 0.102. The predicted molar refractivity (Wildman–Crippen MR) is 100 cm³/mol. The smallest absolute Gasteiger partial charge is 0.257 e. The Balaban J connectivity index is 1.68. The highest BCUT2D eigenvalue weighted by Gasteiger charge is 2.14. The number of ether oxygens (including phenoxy) is 1. The topological polar surface area (TPSA) is 63.2 Å². The minimum atomic E-state index is -0.193. The summed E-state index contributed by atoms with van der Waals surface area (Å²) >= 11 is 0. The average Bonchev–Trinajstić information content (AvgIpc) is 2.91. The summed E-state index contributed by atoms with van der Waals surface area (Å²) in [4.78, 5) is 16.8. The van der Waals surface area contributed by atoms with Gasteiger partial charge in [0.15, 0.2) is 0 Å². The summed E-state index contributed by atoms with van der Waals surface area (Å²) < 4.78 is 5.28. The fourth-order valence-electron chi connectivity index (χ4n) is 3.24. The highest BCUT2D eigenvalue weighted by Crippen LogP contribution is 2.24. The van der Waals surface area contributed by atoms with Crippen LogP contribution in [0.5, 0.6) is 5.75 Å². The maximum absolute atomic E-state index is 12.5. The molecule has 1 heterocycles. The molecule has 0 unspecified atom stereocenters. The molecule has 0 bridgehead atoms. The van der Waals surface area contributed by atoms with Crippen molar-refractivity contribution in [1.82, 2.24) is 4.98 Å². The number of benzene rings is 1. The molecule has 1 saturated carbocycles. The molecule has 1 aromatic carbocycles. The normalized spacial score (nSPS) is 15.2. The third-order valence-corrected chi connectivity index (χ3v) is 4.58. The third-order valence-electron chi connectivity index (χ3n) is 4.58. The molecule has 0 spiro atoms. The van der Waals surface area contributed by atoms with Crippen LogP contribution in [-0.4, -0.2) is 24.0 Å². The van der Waals surface area contributed by atoms with E-state index >= 15 is 0 Å². The van der Waals surface area contributed by atoms with Crippen LogP contribution in [0.15, 0.2) is 42.7 Å². The highest BCUT2D eigenvalue weighted by molar-refractivity contribution is 6.05. The molecule has 0 atom stereocenters. The predicted octanol–water partition coefficient (Wildman–Crippen LogP) is 4.48. The maximum Gasteiger partial charge on any atom is 0.257 e. The van der Waals surface area contributed by atoms with Gasteiger partial charge < -0.3 is 15.4 Å². The first-order chi connectivity index (χ1) is 12.3. The summed E-state index contributed by atoms with van der Waals surface area (Å²) in [7, 11) is 1.59. The monoisotopic (exact) mass is 339 g/mol. The van der Waals surface area contributed by atoms with Crippen molar-refractivity contribution in [2.45, 2.75) is 44.6 Å². The first-order valence-electron chi connectivity index (χ1n) is 8.92. The highest BCUT2D eigenvalue weighted by atomic mass is 16.5. The number of nitrogens with one attached hydrogen (secondary N) is 2. The second-order valence-corrected chi connectivity index (χ2v) is 6.45. The summed E-state index contributed by atoms with van der Waals surface area (Å²) in [6.07, 6.45) is 10.9. The number of anilines is 2. The van der Waals surface area contributed by atoms with Crippen molar-refractivity contribution >= 4 is 17.3 Å². The number of aromatic nitrogens is 1. The number of hydrogen-bond donors (Lipinski definition) is 2. The van der Waals surface area contributed by atoms with Gasteiger partial charge in [0, 0.05) is 18.4 Å². The van der Waals surface area contributed by atoms with Gasteiger partial charge in [-0.05, 0) is 31.0 Å². The standard InChI is InChI=1S/C20H25N3O2/c1-25-19-11-7-6-10-18(19)23-20(24)15-12-17(14-21-13-15)22-16-8-4-2-3-5-9-16/h6-7,10-14,16,22H,2-5,8-9H2,1H3,(H,23,24). The van der Waals surface area contributed by atoms with Gasteiger partial charge in [0.1, 0.15) is 5.75 Å². The Bertz CT molecular complexity index is 710. The van der Waals surface area contributed by atoms with Gasteiger partial charge in [-0.15, -0.1) is 0 Å². The number of rotatable bonds is 5. The van der Waals surface area contributed by atoms with E-state index in [9.17, 15) is 4.79 Å². The van der Waals surface area contributed by atoms with E-state index in [1.54, 1.807) is 19.5 Å². The summed E-state index contributed by atoms with van der Waals surface area (Å²) in [6, 6.07) is 9.70. The molecule has 2 aromatic rings. The van der Waals surface area contributed by atoms with E-state index < -0.39 is 0 Å². The van der Waals surface area contributed by atoms with Crippen LogP contribution in [0.1, 0.15) is 48.9 Å². The van der Waals surface area contributed by atoms with E-state index in [1.807, 2.05) is 30.3 Å². The SMILES string of the molecule is COc1ccccc1NC(=O)c1cncc(NC2CCCCCC2)c1. The van der Waals surface area contributed by atoms with Crippen molar-refractivity contribution in [3.05, 3.63) is 48.3 Å². The van der Waals surface area contributed by atoms with Gasteiger partial charge in [-0.25, -0.2) is 0 Å². The fourth-order valence-corrected chi connectivity index (χ4v) is 3.24. The largest absolute Gasteiger partial charge is 0.495 e. The molecule has 1 aliphatic rings. The molecule has 0 saturated heterocycles. The number of pyridine rings is 1. The van der Waals surface area contributed by atoms with Crippen LogP contribution >= 0.6 is 0 Å². The molecule has 1 aromatic heterocycles. The Kier molecular flexibility index (Phi) is 5.88. The molecular weight excluding hydrogens is 314 g/mol. The van der Waals surface area contributed by atoms with Crippen molar-refractivity contribution in [2.75, 3.05) is 17.7 Å².